The van der Waals surface area contributed by atoms with Crippen LogP contribution in [0.3, 0.4) is 0 Å². The molecule has 4 N–H and O–H groups in total. The molecule has 0 saturated carbocycles. The van der Waals surface area contributed by atoms with E-state index < -0.39 is 29.6 Å². The Morgan fingerprint density at radius 3 is 2.21 bits per heavy atom. The van der Waals surface area contributed by atoms with Gasteiger partial charge in [-0.15, -0.1) is 0 Å². The fraction of sp³-hybridized carbons (Fsp3) is 0.250. The second-order valence-corrected chi connectivity index (χ2v) is 10.6. The molecular formula is C32H34N4O6. The molecule has 0 aliphatic rings. The maximum absolute atomic E-state index is 13.4. The highest BCUT2D eigenvalue weighted by Gasteiger charge is 2.25. The van der Waals surface area contributed by atoms with Crippen molar-refractivity contribution in [3.63, 3.8) is 0 Å². The lowest BCUT2D eigenvalue weighted by molar-refractivity contribution is -0.118. The molecule has 1 heterocycles. The van der Waals surface area contributed by atoms with E-state index >= 15 is 0 Å². The molecule has 1 aromatic heterocycles. The number of hydrogen-bond acceptors (Lipinski definition) is 6. The van der Waals surface area contributed by atoms with Gasteiger partial charge in [-0.2, -0.15) is 0 Å². The predicted octanol–water partition coefficient (Wildman–Crippen LogP) is 5.67. The van der Waals surface area contributed by atoms with Gasteiger partial charge in [0.05, 0.1) is 6.61 Å². The van der Waals surface area contributed by atoms with Crippen molar-refractivity contribution in [1.82, 2.24) is 10.3 Å². The van der Waals surface area contributed by atoms with Crippen molar-refractivity contribution < 1.29 is 28.7 Å². The summed E-state index contributed by atoms with van der Waals surface area (Å²) in [5.41, 5.74) is 2.63. The molecular weight excluding hydrogens is 536 g/mol. The normalized spacial score (nSPS) is 11.8. The molecule has 0 spiro atoms. The van der Waals surface area contributed by atoms with Crippen LogP contribution in [-0.2, 0) is 20.7 Å². The maximum Gasteiger partial charge on any atom is 0.408 e. The Morgan fingerprint density at radius 2 is 1.55 bits per heavy atom. The van der Waals surface area contributed by atoms with Crippen molar-refractivity contribution in [2.24, 2.45) is 0 Å². The molecule has 1 atom stereocenters. The van der Waals surface area contributed by atoms with Gasteiger partial charge in [0.1, 0.15) is 17.3 Å². The van der Waals surface area contributed by atoms with E-state index in [1.807, 2.05) is 6.07 Å². The first kappa shape index (κ1) is 29.9. The molecule has 0 aliphatic heterocycles. The van der Waals surface area contributed by atoms with Gasteiger partial charge in [0.25, 0.3) is 5.91 Å². The Morgan fingerprint density at radius 1 is 0.857 bits per heavy atom. The molecule has 0 unspecified atom stereocenters. The Labute approximate surface area is 243 Å². The molecule has 218 valence electrons. The lowest BCUT2D eigenvalue weighted by Gasteiger charge is -2.23. The van der Waals surface area contributed by atoms with Crippen LogP contribution in [0.4, 0.5) is 16.2 Å². The van der Waals surface area contributed by atoms with Gasteiger partial charge in [-0.25, -0.2) is 9.59 Å². The molecule has 3 amide bonds. The number of aromatic nitrogens is 1. The molecule has 0 aliphatic carbocycles. The number of hydrogen-bond donors (Lipinski definition) is 4. The highest BCUT2D eigenvalue weighted by Crippen LogP contribution is 2.22. The minimum atomic E-state index is -0.971. The van der Waals surface area contributed by atoms with E-state index in [9.17, 15) is 19.2 Å². The van der Waals surface area contributed by atoms with E-state index in [4.69, 9.17) is 9.47 Å². The largest absolute Gasteiger partial charge is 0.461 e. The fourth-order valence-electron chi connectivity index (χ4n) is 4.17. The van der Waals surface area contributed by atoms with Crippen molar-refractivity contribution in [2.75, 3.05) is 17.2 Å². The quantitative estimate of drug-likeness (QED) is 0.191. The zero-order chi connectivity index (χ0) is 30.3. The van der Waals surface area contributed by atoms with Crippen molar-refractivity contribution in [1.29, 1.82) is 0 Å². The number of carbonyl (C=O) groups excluding carboxylic acids is 4. The van der Waals surface area contributed by atoms with Gasteiger partial charge < -0.3 is 30.4 Å². The number of ether oxygens (including phenoxy) is 2. The topological polar surface area (TPSA) is 139 Å². The molecule has 10 nitrogen and oxygen atoms in total. The predicted molar refractivity (Wildman–Crippen MR) is 161 cm³/mol. The van der Waals surface area contributed by atoms with Crippen LogP contribution in [0.1, 0.15) is 54.1 Å². The van der Waals surface area contributed by atoms with E-state index in [0.29, 0.717) is 33.5 Å². The summed E-state index contributed by atoms with van der Waals surface area (Å²) in [5.74, 6) is -1.16. The number of carbonyl (C=O) groups is 4. The summed E-state index contributed by atoms with van der Waals surface area (Å²) in [4.78, 5) is 53.6. The van der Waals surface area contributed by atoms with Crippen molar-refractivity contribution in [2.45, 2.75) is 45.8 Å². The van der Waals surface area contributed by atoms with Crippen LogP contribution in [0.15, 0.2) is 78.9 Å². The molecule has 3 aromatic carbocycles. The van der Waals surface area contributed by atoms with E-state index in [-0.39, 0.29) is 18.9 Å². The highest BCUT2D eigenvalue weighted by atomic mass is 16.6. The third-order valence-electron chi connectivity index (χ3n) is 6.08. The molecule has 0 bridgehead atoms. The summed E-state index contributed by atoms with van der Waals surface area (Å²) in [6.45, 7) is 7.20. The maximum atomic E-state index is 13.4. The molecule has 4 rings (SSSR count). The number of benzene rings is 3. The fourth-order valence-corrected chi connectivity index (χ4v) is 4.17. The number of nitrogens with one attached hydrogen (secondary N) is 4. The Hall–Kier alpha value is -5.12. The van der Waals surface area contributed by atoms with Gasteiger partial charge in [-0.05, 0) is 81.8 Å². The van der Waals surface area contributed by atoms with Gasteiger partial charge in [0, 0.05) is 34.3 Å². The minimum absolute atomic E-state index is 0.164. The van der Waals surface area contributed by atoms with Gasteiger partial charge in [-0.3, -0.25) is 9.59 Å². The standard InChI is InChI=1S/C32H34N4O6/c1-5-41-30(39)27-19-22-18-24(15-16-25(22)35-27)34-29(38)26(36-31(40)42-32(2,3)4)17-20-11-13-23(14-12-20)33-28(37)21-9-7-6-8-10-21/h6-16,18-19,26,35H,5,17H2,1-4H3,(H,33,37)(H,34,38)(H,36,40)/t26-/m0/s1. The summed E-state index contributed by atoms with van der Waals surface area (Å²) in [5, 5.41) is 9.07. The smallest absolute Gasteiger partial charge is 0.408 e. The lowest BCUT2D eigenvalue weighted by atomic mass is 10.0. The van der Waals surface area contributed by atoms with Crippen LogP contribution < -0.4 is 16.0 Å². The number of alkyl carbamates (subject to hydrolysis) is 1. The molecule has 4 aromatic rings. The monoisotopic (exact) mass is 570 g/mol. The summed E-state index contributed by atoms with van der Waals surface area (Å²) in [7, 11) is 0. The molecule has 42 heavy (non-hydrogen) atoms. The number of H-pyrrole nitrogens is 1. The van der Waals surface area contributed by atoms with Gasteiger partial charge in [-0.1, -0.05) is 30.3 Å². The second-order valence-electron chi connectivity index (χ2n) is 10.6. The number of rotatable bonds is 9. The van der Waals surface area contributed by atoms with Gasteiger partial charge >= 0.3 is 12.1 Å². The summed E-state index contributed by atoms with van der Waals surface area (Å²) >= 11 is 0. The van der Waals surface area contributed by atoms with Crippen LogP contribution in [0.25, 0.3) is 10.9 Å². The molecule has 10 heteroatoms. The van der Waals surface area contributed by atoms with Crippen LogP contribution in [-0.4, -0.2) is 47.1 Å². The number of amides is 3. The number of anilines is 2. The van der Waals surface area contributed by atoms with E-state index in [0.717, 1.165) is 5.56 Å². The first-order chi connectivity index (χ1) is 20.0. The van der Waals surface area contributed by atoms with Crippen molar-refractivity contribution >= 4 is 46.2 Å². The third-order valence-corrected chi connectivity index (χ3v) is 6.08. The molecule has 0 fully saturated rings. The number of esters is 1. The van der Waals surface area contributed by atoms with Crippen molar-refractivity contribution in [3.05, 3.63) is 95.7 Å². The van der Waals surface area contributed by atoms with Crippen LogP contribution in [0.2, 0.25) is 0 Å². The van der Waals surface area contributed by atoms with Gasteiger partial charge in [0.2, 0.25) is 5.91 Å². The Bertz CT molecular complexity index is 1570. The average Bonchev–Trinajstić information content (AvgIpc) is 3.37. The first-order valence-corrected chi connectivity index (χ1v) is 13.6. The van der Waals surface area contributed by atoms with E-state index in [1.54, 1.807) is 100 Å². The van der Waals surface area contributed by atoms with Crippen LogP contribution >= 0.6 is 0 Å². The van der Waals surface area contributed by atoms with E-state index in [1.165, 1.54) is 0 Å². The number of fused-ring (bicyclic) bond motifs is 1. The Kier molecular flexibility index (Phi) is 9.26. The lowest BCUT2D eigenvalue weighted by Crippen LogP contribution is -2.47. The first-order valence-electron chi connectivity index (χ1n) is 13.6. The number of aromatic amines is 1. The SMILES string of the molecule is CCOC(=O)c1cc2cc(NC(=O)[C@H](Cc3ccc(NC(=O)c4ccccc4)cc3)NC(=O)OC(C)(C)C)ccc2[nH]1. The summed E-state index contributed by atoms with van der Waals surface area (Å²) in [6.07, 6.45) is -0.563. The third kappa shape index (κ3) is 8.20. The van der Waals surface area contributed by atoms with Gasteiger partial charge in [0.15, 0.2) is 0 Å². The minimum Gasteiger partial charge on any atom is -0.461 e. The van der Waals surface area contributed by atoms with Crippen LogP contribution in [0, 0.1) is 0 Å². The van der Waals surface area contributed by atoms with Crippen molar-refractivity contribution in [3.8, 4) is 0 Å². The summed E-state index contributed by atoms with van der Waals surface area (Å²) < 4.78 is 10.4. The zero-order valence-corrected chi connectivity index (χ0v) is 23.9. The molecule has 0 radical (unpaired) electrons. The average molecular weight is 571 g/mol. The second kappa shape index (κ2) is 13.0. The van der Waals surface area contributed by atoms with E-state index in [2.05, 4.69) is 20.9 Å². The summed E-state index contributed by atoms with van der Waals surface area (Å²) in [6, 6.07) is 21.7. The zero-order valence-electron chi connectivity index (χ0n) is 23.9. The molecule has 0 saturated heterocycles. The Balaban J connectivity index is 1.48. The van der Waals surface area contributed by atoms with Crippen LogP contribution in [0.5, 0.6) is 0 Å². The highest BCUT2D eigenvalue weighted by molar-refractivity contribution is 6.04.